The average molecular weight is 1660 g/mol. The van der Waals surface area contributed by atoms with Gasteiger partial charge in [-0.2, -0.15) is 19.9 Å². The van der Waals surface area contributed by atoms with Crippen molar-refractivity contribution in [2.45, 2.75) is 404 Å². The first kappa shape index (κ1) is 95.1. The first-order valence-corrected chi connectivity index (χ1v) is 55.4. The summed E-state index contributed by atoms with van der Waals surface area (Å²) < 4.78 is 71.3. The number of benzene rings is 1. The third-order valence-electron chi connectivity index (χ3n) is 26.1. The number of imidazole rings is 2. The molecular weight excluding hydrogens is 1510 g/mol. The second-order valence-electron chi connectivity index (χ2n) is 37.6. The van der Waals surface area contributed by atoms with Crippen LogP contribution in [0.5, 0.6) is 6.01 Å². The van der Waals surface area contributed by atoms with Gasteiger partial charge >= 0.3 is 6.01 Å². The third-order valence-corrected chi connectivity index (χ3v) is 63.1. The van der Waals surface area contributed by atoms with Gasteiger partial charge in [0, 0.05) is 11.4 Å². The van der Waals surface area contributed by atoms with E-state index in [4.69, 9.17) is 85.4 Å². The number of ether oxygens (including phenoxy) is 3. The topological polar surface area (TPSA) is 222 Å². The lowest BCUT2D eigenvalue weighted by Crippen LogP contribution is -2.58. The largest absolute Gasteiger partial charge is 0.463 e. The van der Waals surface area contributed by atoms with Gasteiger partial charge in [-0.25, -0.2) is 9.97 Å². The molecule has 5 aromatic rings. The summed E-state index contributed by atoms with van der Waals surface area (Å²) in [4.78, 5) is 27.8. The fraction of sp³-hybridized carbons (Fsp3) is 0.805. The number of aromatic nitrogens is 8. The number of halogens is 2. The summed E-state index contributed by atoms with van der Waals surface area (Å²) in [7, 11) is -14.5. The summed E-state index contributed by atoms with van der Waals surface area (Å²) in [5.41, 5.74) is 22.9. The smallest absolute Gasteiger partial charge is 0.320 e. The summed E-state index contributed by atoms with van der Waals surface area (Å²) in [5.74, 6) is 0.491. The molecule has 8 atom stereocenters. The van der Waals surface area contributed by atoms with Crippen LogP contribution in [0.1, 0.15) is 267 Å². The van der Waals surface area contributed by atoms with Crippen molar-refractivity contribution in [1.82, 2.24) is 39.0 Å². The Bertz CT molecular complexity index is 3520. The van der Waals surface area contributed by atoms with E-state index in [1.54, 1.807) is 12.7 Å². The summed E-state index contributed by atoms with van der Waals surface area (Å²) in [6, 6.07) is 7.95. The molecule has 27 heteroatoms. The Morgan fingerprint density at radius 3 is 0.936 bits per heavy atom. The summed E-state index contributed by atoms with van der Waals surface area (Å²) in [6.07, 6.45) is 0.542. The molecule has 0 amide bonds. The molecule has 0 saturated carbocycles. The molecule has 0 radical (unpaired) electrons. The minimum absolute atomic E-state index is 0.0718. The van der Waals surface area contributed by atoms with Gasteiger partial charge in [0.1, 0.15) is 42.1 Å². The fourth-order valence-corrected chi connectivity index (χ4v) is 55.3. The first-order chi connectivity index (χ1) is 50.5. The SMILES string of the molecule is CC(C)[Si](OC[C@H]1O[C@@H](n2cnc3c(N)nc(Cl)nc32)[C@H](O[Si](C(C)C)(C(C)C)C(C)C)[C@@H]1O[Si](C(C)C)(C(C)C)C(C)C)(C(C)C)C(C)C.CC(C)[Si](OC[C@H]1O[C@@H](n2cnc3c(N)nc(OCCc4ccc(Cl)cc4)nc32)[C@H](O[Si](C(C)C)(C(C)C)C(C)C)[C@@H]1O[Si](C(C)C)(C(C)C)C(C)C)(C(C)C)C(C)C. The number of rotatable bonds is 38. The van der Waals surface area contributed by atoms with Crippen LogP contribution in [0.4, 0.5) is 11.6 Å². The van der Waals surface area contributed by atoms with Crippen LogP contribution >= 0.6 is 23.2 Å². The van der Waals surface area contributed by atoms with Gasteiger partial charge in [-0.1, -0.05) is 273 Å². The zero-order valence-electron chi connectivity index (χ0n) is 74.5. The summed E-state index contributed by atoms with van der Waals surface area (Å²) >= 11 is 12.5. The highest BCUT2D eigenvalue weighted by Crippen LogP contribution is 2.55. The van der Waals surface area contributed by atoms with Crippen molar-refractivity contribution in [3.8, 4) is 6.01 Å². The van der Waals surface area contributed by atoms with Crippen molar-refractivity contribution in [3.63, 3.8) is 0 Å². The van der Waals surface area contributed by atoms with E-state index in [1.165, 1.54) is 0 Å². The molecular formula is C82H152Cl2N10O9Si6. The quantitative estimate of drug-likeness (QED) is 0.0277. The monoisotopic (exact) mass is 1660 g/mol. The molecule has 2 fully saturated rings. The molecule has 0 unspecified atom stereocenters. The van der Waals surface area contributed by atoms with Gasteiger partial charge in [0.25, 0.3) is 0 Å². The predicted molar refractivity (Wildman–Crippen MR) is 471 cm³/mol. The molecule has 2 saturated heterocycles. The van der Waals surface area contributed by atoms with Crippen molar-refractivity contribution in [1.29, 1.82) is 0 Å². The van der Waals surface area contributed by atoms with E-state index in [9.17, 15) is 0 Å². The van der Waals surface area contributed by atoms with Crippen LogP contribution in [0.2, 0.25) is 110 Å². The predicted octanol–water partition coefficient (Wildman–Crippen LogP) is 24.2. The lowest BCUT2D eigenvalue weighted by molar-refractivity contribution is -0.0480. The molecule has 622 valence electrons. The Balaban J connectivity index is 0.000000345. The maximum Gasteiger partial charge on any atom is 0.320 e. The number of nitrogen functional groups attached to an aromatic ring is 2. The van der Waals surface area contributed by atoms with Crippen LogP contribution < -0.4 is 16.2 Å². The molecule has 0 aliphatic carbocycles. The van der Waals surface area contributed by atoms with Crippen LogP contribution in [0.25, 0.3) is 22.3 Å². The zero-order valence-corrected chi connectivity index (χ0v) is 82.0. The molecule has 19 nitrogen and oxygen atoms in total. The Hall–Kier alpha value is -2.72. The van der Waals surface area contributed by atoms with Crippen LogP contribution in [0.15, 0.2) is 36.9 Å². The van der Waals surface area contributed by atoms with E-state index < -0.39 is 86.8 Å². The number of hydrogen-bond acceptors (Lipinski definition) is 17. The highest BCUT2D eigenvalue weighted by molar-refractivity contribution is 6.80. The number of nitrogens with zero attached hydrogens (tertiary/aromatic N) is 8. The Morgan fingerprint density at radius 1 is 0.367 bits per heavy atom. The number of nitrogens with two attached hydrogens (primary N) is 2. The minimum atomic E-state index is -2.53. The molecule has 0 bridgehead atoms. The van der Waals surface area contributed by atoms with Crippen molar-refractivity contribution in [2.75, 3.05) is 31.3 Å². The maximum absolute atomic E-state index is 7.96. The Labute approximate surface area is 676 Å². The number of anilines is 2. The summed E-state index contributed by atoms with van der Waals surface area (Å²) in [6.45, 7) is 85.4. The van der Waals surface area contributed by atoms with Gasteiger partial charge in [-0.05, 0) is 129 Å². The lowest BCUT2D eigenvalue weighted by atomic mass is 10.1. The van der Waals surface area contributed by atoms with E-state index in [0.717, 1.165) is 5.56 Å². The highest BCUT2D eigenvalue weighted by Gasteiger charge is 2.62. The second kappa shape index (κ2) is 38.6. The average Bonchev–Trinajstić information content (AvgIpc) is 1.58. The van der Waals surface area contributed by atoms with Gasteiger partial charge in [-0.3, -0.25) is 9.13 Å². The van der Waals surface area contributed by atoms with Crippen LogP contribution in [0.3, 0.4) is 0 Å². The normalized spacial score (nSPS) is 20.6. The summed E-state index contributed by atoms with van der Waals surface area (Å²) in [5, 5.41) is 0.770. The molecule has 0 spiro atoms. The molecule has 4 N–H and O–H groups in total. The van der Waals surface area contributed by atoms with Crippen molar-refractivity contribution in [2.24, 2.45) is 0 Å². The van der Waals surface area contributed by atoms with Crippen molar-refractivity contribution >= 4 is 107 Å². The van der Waals surface area contributed by atoms with E-state index >= 15 is 0 Å². The van der Waals surface area contributed by atoms with Gasteiger partial charge in [0.15, 0.2) is 57.5 Å². The molecule has 7 rings (SSSR count). The minimum Gasteiger partial charge on any atom is -0.463 e. The lowest BCUT2D eigenvalue weighted by Gasteiger charge is -2.49. The third kappa shape index (κ3) is 19.0. The Morgan fingerprint density at radius 2 is 0.642 bits per heavy atom. The van der Waals surface area contributed by atoms with Crippen molar-refractivity contribution < 1.29 is 40.8 Å². The van der Waals surface area contributed by atoms with E-state index in [1.807, 2.05) is 33.4 Å². The van der Waals surface area contributed by atoms with E-state index in [-0.39, 0.29) is 35.1 Å². The first-order valence-electron chi connectivity index (χ1n) is 41.8. The highest BCUT2D eigenvalue weighted by atomic mass is 35.5. The Kier molecular flexibility index (Phi) is 33.7. The molecule has 6 heterocycles. The maximum atomic E-state index is 7.96. The molecule has 1 aromatic carbocycles. The van der Waals surface area contributed by atoms with Crippen LogP contribution in [0, 0.1) is 0 Å². The van der Waals surface area contributed by atoms with Gasteiger partial charge in [-0.15, -0.1) is 0 Å². The number of hydrogen-bond donors (Lipinski definition) is 2. The molecule has 109 heavy (non-hydrogen) atoms. The number of fused-ring (bicyclic) bond motifs is 2. The fourth-order valence-electron chi connectivity index (χ4n) is 21.9. The second-order valence-corrected chi connectivity index (χ2v) is 71.0. The van der Waals surface area contributed by atoms with Crippen LogP contribution in [-0.2, 0) is 42.5 Å². The van der Waals surface area contributed by atoms with E-state index in [0.29, 0.717) is 153 Å². The van der Waals surface area contributed by atoms with Gasteiger partial charge in [0.05, 0.1) is 32.5 Å². The van der Waals surface area contributed by atoms with Gasteiger partial charge in [0.2, 0.25) is 38.6 Å². The van der Waals surface area contributed by atoms with E-state index in [2.05, 4.69) is 269 Å². The standard InChI is InChI=1S/C45H80ClN5O5Si3.C37H72ClN5O4Si3/c1-27(2)57(28(3)4,29(5)6)53-25-38-40(55-58(30(7)8,31(9)10)32(11)12)41(56-59(33(13)14,34(15)16)35(17)18)44(54-38)51-26-48-39-42(47)49-45(50-43(39)51)52-24-23-36-19-21-37(46)22-20-36;1-21(2)48(22(3)4,23(5)6)44-19-30-32(46-49(24(7)8,25(9)10)26(11)12)33(47-50(27(13)14,28(15)16)29(17)18)36(45-30)43-20-40-31-34(39)41-37(38)42-35(31)43/h19-22,26-35,38,40-41,44H,23-25H2,1-18H3,(H2,47,49,50);20-30,32-33,36H,19H2,1-18H3,(H2,39,41,42)/t38-,40-,41-,44-;30-,32-,33-,36-/m11/s1. The van der Waals surface area contributed by atoms with Crippen molar-refractivity contribution in [3.05, 3.63) is 52.8 Å². The molecule has 4 aromatic heterocycles. The molecule has 2 aliphatic rings. The zero-order chi connectivity index (χ0) is 82.6. The van der Waals surface area contributed by atoms with Gasteiger partial charge < -0.3 is 52.2 Å². The molecule has 2 aliphatic heterocycles. The van der Waals surface area contributed by atoms with Crippen LogP contribution in [-0.4, -0.2) is 145 Å².